The molecule has 0 radical (unpaired) electrons. The first-order valence-corrected chi connectivity index (χ1v) is 18.2. The number of hydrogen-bond donors (Lipinski definition) is 2. The molecule has 14 heteroatoms. The number of nitrogens with zero attached hydrogens (tertiary/aromatic N) is 8. The van der Waals surface area contributed by atoms with Crippen LogP contribution in [0.15, 0.2) is 73.1 Å². The Balaban J connectivity index is 0.896. The lowest BCUT2D eigenvalue weighted by molar-refractivity contribution is -0.0591. The van der Waals surface area contributed by atoms with E-state index in [2.05, 4.69) is 42.1 Å². The number of benzene rings is 3. The van der Waals surface area contributed by atoms with Gasteiger partial charge in [-0.05, 0) is 67.8 Å². The number of fused-ring (bicyclic) bond motifs is 3. The third-order valence-corrected chi connectivity index (χ3v) is 10.5. The molecule has 0 spiro atoms. The largest absolute Gasteiger partial charge is 0.473 e. The van der Waals surface area contributed by atoms with E-state index >= 15 is 0 Å². The topological polar surface area (TPSA) is 152 Å². The molecule has 2 N–H and O–H groups in total. The van der Waals surface area contributed by atoms with Crippen molar-refractivity contribution in [1.29, 1.82) is 5.26 Å². The van der Waals surface area contributed by atoms with Gasteiger partial charge in [0.05, 0.1) is 64.5 Å². The van der Waals surface area contributed by atoms with Gasteiger partial charge >= 0.3 is 0 Å². The van der Waals surface area contributed by atoms with Crippen molar-refractivity contribution in [2.45, 2.75) is 45.6 Å². The molecule has 1 amide bonds. The second-order valence-corrected chi connectivity index (χ2v) is 14.1. The Bertz CT molecular complexity index is 2700. The molecule has 55 heavy (non-hydrogen) atoms. The Morgan fingerprint density at radius 3 is 2.85 bits per heavy atom. The molecule has 2 aliphatic heterocycles. The maximum atomic E-state index is 14.7. The molecular weight excluding hydrogens is 700 g/mol. The highest BCUT2D eigenvalue weighted by molar-refractivity contribution is 6.06. The summed E-state index contributed by atoms with van der Waals surface area (Å²) in [4.78, 5) is 30.1. The van der Waals surface area contributed by atoms with Crippen molar-refractivity contribution < 1.29 is 18.7 Å². The SMILES string of the molecule is Cc1n[nH]c2c(F)cc(NC(=O)c3ccc4c(c3)nc(CN3CC=C(c5cccc(OCc6ccc(C#N)c7c6ncn7C)n5)CC3)n4C[C@@H]3CCO3)cc12. The summed E-state index contributed by atoms with van der Waals surface area (Å²) in [6.07, 6.45) is 5.84. The molecule has 276 valence electrons. The van der Waals surface area contributed by atoms with Gasteiger partial charge in [0.15, 0.2) is 5.82 Å². The Morgan fingerprint density at radius 2 is 2.05 bits per heavy atom. The standard InChI is InChI=1S/C41H37FN10O3/c1-24-31-17-29(18-32(42)39(31)49-48-24)45-41(53)26-8-9-35-34(16-26)46-36(52(35)20-30-12-15-54-30)21-51-13-10-25(11-14-51)33-4-3-5-37(47-33)55-22-28-7-6-27(19-43)40-38(28)44-23-50(40)2/h3-10,16-18,23,30H,11-15,20-22H2,1-2H3,(H,45,53)(H,48,49)/t30-/m0/s1. The van der Waals surface area contributed by atoms with Crippen LogP contribution in [0.2, 0.25) is 0 Å². The Kier molecular flexibility index (Phi) is 8.80. The summed E-state index contributed by atoms with van der Waals surface area (Å²) in [7, 11) is 1.88. The molecule has 0 saturated carbocycles. The molecule has 3 aromatic carbocycles. The van der Waals surface area contributed by atoms with Crippen LogP contribution in [0.4, 0.5) is 10.1 Å². The fourth-order valence-electron chi connectivity index (χ4n) is 7.40. The van der Waals surface area contributed by atoms with E-state index < -0.39 is 5.82 Å². The van der Waals surface area contributed by atoms with Crippen LogP contribution in [0.25, 0.3) is 38.5 Å². The van der Waals surface area contributed by atoms with Crippen LogP contribution in [0.1, 0.15) is 51.5 Å². The van der Waals surface area contributed by atoms with E-state index in [4.69, 9.17) is 19.4 Å². The van der Waals surface area contributed by atoms with Crippen LogP contribution in [0.5, 0.6) is 5.88 Å². The van der Waals surface area contributed by atoms with Gasteiger partial charge in [0.1, 0.15) is 24.0 Å². The molecule has 1 saturated heterocycles. The second-order valence-electron chi connectivity index (χ2n) is 14.1. The van der Waals surface area contributed by atoms with Crippen molar-refractivity contribution in [3.05, 3.63) is 113 Å². The zero-order valence-electron chi connectivity index (χ0n) is 30.3. The summed E-state index contributed by atoms with van der Waals surface area (Å²) < 4.78 is 30.7. The fourth-order valence-corrected chi connectivity index (χ4v) is 7.40. The van der Waals surface area contributed by atoms with Crippen LogP contribution < -0.4 is 10.1 Å². The highest BCUT2D eigenvalue weighted by atomic mass is 19.1. The summed E-state index contributed by atoms with van der Waals surface area (Å²) in [5.41, 5.74) is 8.43. The van der Waals surface area contributed by atoms with Gasteiger partial charge in [-0.3, -0.25) is 14.8 Å². The van der Waals surface area contributed by atoms with E-state index in [1.807, 2.05) is 41.9 Å². The lowest BCUT2D eigenvalue weighted by Gasteiger charge is -2.29. The Labute approximate surface area is 315 Å². The predicted molar refractivity (Wildman–Crippen MR) is 205 cm³/mol. The average Bonchev–Trinajstić information content (AvgIpc) is 3.86. The quantitative estimate of drug-likeness (QED) is 0.162. The van der Waals surface area contributed by atoms with Crippen molar-refractivity contribution in [2.75, 3.05) is 25.0 Å². The van der Waals surface area contributed by atoms with Crippen molar-refractivity contribution in [3.63, 3.8) is 0 Å². The van der Waals surface area contributed by atoms with Gasteiger partial charge in [0, 0.05) is 55.0 Å². The molecule has 4 aromatic heterocycles. The molecule has 7 aromatic rings. The molecule has 0 unspecified atom stereocenters. The van der Waals surface area contributed by atoms with Crippen LogP contribution in [-0.2, 0) is 31.5 Å². The number of carbonyl (C=O) groups is 1. The highest BCUT2D eigenvalue weighted by Gasteiger charge is 2.24. The first kappa shape index (κ1) is 34.3. The highest BCUT2D eigenvalue weighted by Crippen LogP contribution is 2.29. The lowest BCUT2D eigenvalue weighted by Crippen LogP contribution is -2.33. The first-order chi connectivity index (χ1) is 26.8. The Morgan fingerprint density at radius 1 is 1.16 bits per heavy atom. The normalized spacial score (nSPS) is 16.0. The number of amides is 1. The number of nitrogens with one attached hydrogen (secondary N) is 2. The summed E-state index contributed by atoms with van der Waals surface area (Å²) in [5.74, 6) is 0.598. The molecule has 9 rings (SSSR count). The van der Waals surface area contributed by atoms with Crippen molar-refractivity contribution in [2.24, 2.45) is 7.05 Å². The van der Waals surface area contributed by atoms with Gasteiger partial charge < -0.3 is 23.9 Å². The van der Waals surface area contributed by atoms with Crippen molar-refractivity contribution in [3.8, 4) is 11.9 Å². The molecule has 2 aliphatic rings. The van der Waals surface area contributed by atoms with Gasteiger partial charge in [0.2, 0.25) is 5.88 Å². The van der Waals surface area contributed by atoms with E-state index in [-0.39, 0.29) is 18.6 Å². The summed E-state index contributed by atoms with van der Waals surface area (Å²) in [6, 6.07) is 20.2. The zero-order chi connectivity index (χ0) is 37.6. The smallest absolute Gasteiger partial charge is 0.255 e. The monoisotopic (exact) mass is 736 g/mol. The summed E-state index contributed by atoms with van der Waals surface area (Å²) in [5, 5.41) is 19.8. The number of H-pyrrole nitrogens is 1. The molecule has 0 aliphatic carbocycles. The van der Waals surface area contributed by atoms with E-state index in [1.54, 1.807) is 37.5 Å². The molecule has 13 nitrogen and oxygen atoms in total. The number of rotatable bonds is 10. The fraction of sp³-hybridized carbons (Fsp3) is 0.268. The third kappa shape index (κ3) is 6.58. The van der Waals surface area contributed by atoms with Crippen LogP contribution in [0.3, 0.4) is 0 Å². The second kappa shape index (κ2) is 14.1. The van der Waals surface area contributed by atoms with Crippen molar-refractivity contribution in [1.82, 2.24) is 39.2 Å². The van der Waals surface area contributed by atoms with E-state index in [0.717, 1.165) is 71.7 Å². The minimum atomic E-state index is -0.480. The maximum Gasteiger partial charge on any atom is 0.255 e. The number of aryl methyl sites for hydroxylation is 2. The molecule has 1 fully saturated rings. The number of anilines is 1. The number of imidazole rings is 2. The summed E-state index contributed by atoms with van der Waals surface area (Å²) >= 11 is 0. The minimum Gasteiger partial charge on any atom is -0.473 e. The maximum absolute atomic E-state index is 14.7. The van der Waals surface area contributed by atoms with E-state index in [0.29, 0.717) is 57.9 Å². The Hall–Kier alpha value is -6.43. The number of hydrogen-bond acceptors (Lipinski definition) is 9. The molecule has 6 heterocycles. The summed E-state index contributed by atoms with van der Waals surface area (Å²) in [6.45, 7) is 5.66. The van der Waals surface area contributed by atoms with Crippen LogP contribution in [0, 0.1) is 24.1 Å². The molecule has 1 atom stereocenters. The molecular formula is C41H37FN10O3. The minimum absolute atomic E-state index is 0.121. The third-order valence-electron chi connectivity index (χ3n) is 10.5. The number of aromatic amines is 1. The van der Waals surface area contributed by atoms with Gasteiger partial charge in [-0.25, -0.2) is 19.3 Å². The number of halogens is 1. The number of nitriles is 1. The lowest BCUT2D eigenvalue weighted by atomic mass is 10.0. The zero-order valence-corrected chi connectivity index (χ0v) is 30.3. The van der Waals surface area contributed by atoms with Gasteiger partial charge in [0.25, 0.3) is 5.91 Å². The first-order valence-electron chi connectivity index (χ1n) is 18.2. The number of carbonyl (C=O) groups excluding carboxylic acids is 1. The van der Waals surface area contributed by atoms with Crippen molar-refractivity contribution >= 4 is 50.1 Å². The van der Waals surface area contributed by atoms with Crippen LogP contribution in [-0.4, -0.2) is 70.9 Å². The van der Waals surface area contributed by atoms with E-state index in [1.165, 1.54) is 6.07 Å². The van der Waals surface area contributed by atoms with Gasteiger partial charge in [-0.15, -0.1) is 0 Å². The van der Waals surface area contributed by atoms with E-state index in [9.17, 15) is 14.4 Å². The van der Waals surface area contributed by atoms with Gasteiger partial charge in [-0.1, -0.05) is 18.2 Å². The number of pyridine rings is 1. The number of aromatic nitrogens is 7. The molecule has 0 bridgehead atoms. The predicted octanol–water partition coefficient (Wildman–Crippen LogP) is 6.42. The van der Waals surface area contributed by atoms with Crippen LogP contribution >= 0.6 is 0 Å². The number of ether oxygens (including phenoxy) is 2. The van der Waals surface area contributed by atoms with Gasteiger partial charge in [-0.2, -0.15) is 10.4 Å². The average molecular weight is 737 g/mol.